The Kier molecular flexibility index (Phi) is 4.59. The van der Waals surface area contributed by atoms with Crippen molar-refractivity contribution >= 4 is 32.9 Å². The molecule has 0 unspecified atom stereocenters. The Morgan fingerprint density at radius 2 is 2.05 bits per heavy atom. The predicted molar refractivity (Wildman–Crippen MR) is 86.5 cm³/mol. The Labute approximate surface area is 129 Å². The molecule has 1 aromatic carbocycles. The van der Waals surface area contributed by atoms with Crippen LogP contribution >= 0.6 is 12.2 Å². The van der Waals surface area contributed by atoms with Crippen LogP contribution in [-0.2, 0) is 22.3 Å². The van der Waals surface area contributed by atoms with E-state index in [1.54, 1.807) is 35.1 Å². The standard InChI is InChI=1S/C13H16N4O2S2/c1-2-17-8-12(7-15-17)16-21(18,19)9-10-3-5-11(6-4-10)13(14)20/h3-8,16H,2,9H2,1H3,(H2,14,20). The zero-order chi connectivity index (χ0) is 15.5. The molecule has 3 N–H and O–H groups in total. The first-order valence-corrected chi connectivity index (χ1v) is 8.37. The van der Waals surface area contributed by atoms with Gasteiger partial charge in [0.05, 0.1) is 17.6 Å². The minimum atomic E-state index is -3.48. The third kappa shape index (κ3) is 4.27. The number of hydrogen-bond donors (Lipinski definition) is 2. The molecule has 0 bridgehead atoms. The first-order valence-electron chi connectivity index (χ1n) is 6.31. The Bertz CT molecular complexity index is 736. The molecule has 0 fully saturated rings. The molecule has 8 heteroatoms. The van der Waals surface area contributed by atoms with Crippen molar-refractivity contribution in [1.29, 1.82) is 0 Å². The lowest BCUT2D eigenvalue weighted by atomic mass is 10.1. The van der Waals surface area contributed by atoms with Crippen molar-refractivity contribution in [2.45, 2.75) is 19.2 Å². The summed E-state index contributed by atoms with van der Waals surface area (Å²) in [4.78, 5) is 0.287. The van der Waals surface area contributed by atoms with E-state index in [0.717, 1.165) is 0 Å². The molecule has 112 valence electrons. The second-order valence-corrected chi connectivity index (χ2v) is 6.67. The molecule has 1 aromatic heterocycles. The molecular formula is C13H16N4O2S2. The molecule has 0 saturated carbocycles. The van der Waals surface area contributed by atoms with E-state index in [4.69, 9.17) is 18.0 Å². The van der Waals surface area contributed by atoms with Crippen molar-refractivity contribution in [3.63, 3.8) is 0 Å². The van der Waals surface area contributed by atoms with Gasteiger partial charge in [-0.3, -0.25) is 9.40 Å². The number of nitrogens with two attached hydrogens (primary N) is 1. The Balaban J connectivity index is 2.08. The number of aromatic nitrogens is 2. The highest BCUT2D eigenvalue weighted by molar-refractivity contribution is 7.91. The highest BCUT2D eigenvalue weighted by atomic mass is 32.2. The lowest BCUT2D eigenvalue weighted by Gasteiger charge is -2.06. The van der Waals surface area contributed by atoms with E-state index in [9.17, 15) is 8.42 Å². The molecule has 6 nitrogen and oxygen atoms in total. The van der Waals surface area contributed by atoms with Crippen molar-refractivity contribution in [3.8, 4) is 0 Å². The summed E-state index contributed by atoms with van der Waals surface area (Å²) >= 11 is 4.85. The van der Waals surface area contributed by atoms with Gasteiger partial charge in [-0.05, 0) is 12.5 Å². The van der Waals surface area contributed by atoms with E-state index >= 15 is 0 Å². The third-order valence-corrected chi connectivity index (χ3v) is 4.32. The van der Waals surface area contributed by atoms with E-state index < -0.39 is 10.0 Å². The number of nitrogens with one attached hydrogen (secondary N) is 1. The molecular weight excluding hydrogens is 308 g/mol. The Morgan fingerprint density at radius 3 is 2.57 bits per heavy atom. The van der Waals surface area contributed by atoms with Crippen LogP contribution in [0.5, 0.6) is 0 Å². The molecule has 0 atom stereocenters. The summed E-state index contributed by atoms with van der Waals surface area (Å²) in [6.07, 6.45) is 3.13. The number of anilines is 1. The summed E-state index contributed by atoms with van der Waals surface area (Å²) in [6, 6.07) is 6.82. The molecule has 0 aliphatic heterocycles. The van der Waals surface area contributed by atoms with Crippen LogP contribution in [0.4, 0.5) is 5.69 Å². The maximum absolute atomic E-state index is 12.1. The molecule has 0 aliphatic carbocycles. The molecule has 0 aliphatic rings. The largest absolute Gasteiger partial charge is 0.389 e. The van der Waals surface area contributed by atoms with E-state index in [1.807, 2.05) is 6.92 Å². The van der Waals surface area contributed by atoms with Gasteiger partial charge in [0.25, 0.3) is 0 Å². The van der Waals surface area contributed by atoms with Gasteiger partial charge < -0.3 is 5.73 Å². The summed E-state index contributed by atoms with van der Waals surface area (Å²) in [5.41, 5.74) is 7.32. The normalized spacial score (nSPS) is 11.3. The van der Waals surface area contributed by atoms with Crippen LogP contribution in [-0.4, -0.2) is 23.2 Å². The van der Waals surface area contributed by atoms with Gasteiger partial charge in [-0.25, -0.2) is 8.42 Å². The smallest absolute Gasteiger partial charge is 0.237 e. The van der Waals surface area contributed by atoms with Crippen LogP contribution in [0, 0.1) is 0 Å². The fraction of sp³-hybridized carbons (Fsp3) is 0.231. The molecule has 2 rings (SSSR count). The zero-order valence-electron chi connectivity index (χ0n) is 11.5. The van der Waals surface area contributed by atoms with Crippen molar-refractivity contribution in [3.05, 3.63) is 47.8 Å². The summed E-state index contributed by atoms with van der Waals surface area (Å²) in [7, 11) is -3.48. The molecule has 0 amide bonds. The number of thiocarbonyl (C=S) groups is 1. The minimum Gasteiger partial charge on any atom is -0.389 e. The molecule has 0 saturated heterocycles. The summed E-state index contributed by atoms with van der Waals surface area (Å²) in [5.74, 6) is -0.123. The van der Waals surface area contributed by atoms with E-state index in [0.29, 0.717) is 23.4 Å². The highest BCUT2D eigenvalue weighted by Crippen LogP contribution is 2.13. The van der Waals surface area contributed by atoms with E-state index in [1.165, 1.54) is 6.20 Å². The van der Waals surface area contributed by atoms with Gasteiger partial charge in [-0.2, -0.15) is 5.10 Å². The molecule has 21 heavy (non-hydrogen) atoms. The maximum atomic E-state index is 12.1. The van der Waals surface area contributed by atoms with Crippen molar-refractivity contribution in [1.82, 2.24) is 9.78 Å². The van der Waals surface area contributed by atoms with E-state index in [2.05, 4.69) is 9.82 Å². The average Bonchev–Trinajstić information content (AvgIpc) is 2.85. The highest BCUT2D eigenvalue weighted by Gasteiger charge is 2.13. The van der Waals surface area contributed by atoms with Crippen LogP contribution in [0.1, 0.15) is 18.1 Å². The van der Waals surface area contributed by atoms with Crippen molar-refractivity contribution in [2.24, 2.45) is 5.73 Å². The van der Waals surface area contributed by atoms with Gasteiger partial charge in [-0.15, -0.1) is 0 Å². The molecule has 1 heterocycles. The van der Waals surface area contributed by atoms with Crippen molar-refractivity contribution in [2.75, 3.05) is 4.72 Å². The maximum Gasteiger partial charge on any atom is 0.237 e. The lowest BCUT2D eigenvalue weighted by molar-refractivity contribution is 0.600. The first-order chi connectivity index (χ1) is 9.89. The minimum absolute atomic E-state index is 0.123. The zero-order valence-corrected chi connectivity index (χ0v) is 13.1. The molecule has 0 spiro atoms. The fourth-order valence-electron chi connectivity index (χ4n) is 1.79. The summed E-state index contributed by atoms with van der Waals surface area (Å²) in [6.45, 7) is 2.61. The van der Waals surface area contributed by atoms with Gasteiger partial charge >= 0.3 is 0 Å². The summed E-state index contributed by atoms with van der Waals surface area (Å²) < 4.78 is 28.3. The molecule has 2 aromatic rings. The lowest BCUT2D eigenvalue weighted by Crippen LogP contribution is -2.15. The van der Waals surface area contributed by atoms with Crippen LogP contribution in [0.25, 0.3) is 0 Å². The van der Waals surface area contributed by atoms with Gasteiger partial charge in [0.1, 0.15) is 4.99 Å². The van der Waals surface area contributed by atoms with Crippen LogP contribution in [0.2, 0.25) is 0 Å². The predicted octanol–water partition coefficient (Wildman–Crippen LogP) is 1.48. The molecule has 0 radical (unpaired) electrons. The summed E-state index contributed by atoms with van der Waals surface area (Å²) in [5, 5.41) is 4.02. The number of benzene rings is 1. The van der Waals surface area contributed by atoms with E-state index in [-0.39, 0.29) is 10.7 Å². The Morgan fingerprint density at radius 1 is 1.38 bits per heavy atom. The van der Waals surface area contributed by atoms with Gasteiger partial charge in [0.15, 0.2) is 0 Å². The SMILES string of the molecule is CCn1cc(NS(=O)(=O)Cc2ccc(C(N)=S)cc2)cn1. The first kappa shape index (κ1) is 15.5. The second-order valence-electron chi connectivity index (χ2n) is 4.51. The van der Waals surface area contributed by atoms with Gasteiger partial charge in [-0.1, -0.05) is 36.5 Å². The van der Waals surface area contributed by atoms with Crippen LogP contribution in [0.3, 0.4) is 0 Å². The number of aryl methyl sites for hydroxylation is 1. The fourth-order valence-corrected chi connectivity index (χ4v) is 3.09. The topological polar surface area (TPSA) is 90.0 Å². The van der Waals surface area contributed by atoms with Crippen LogP contribution in [0.15, 0.2) is 36.7 Å². The quantitative estimate of drug-likeness (QED) is 0.786. The number of hydrogen-bond acceptors (Lipinski definition) is 4. The second kappa shape index (κ2) is 6.23. The van der Waals surface area contributed by atoms with Crippen LogP contribution < -0.4 is 10.5 Å². The number of nitrogens with zero attached hydrogens (tertiary/aromatic N) is 2. The number of sulfonamides is 1. The van der Waals surface area contributed by atoms with Gasteiger partial charge in [0.2, 0.25) is 10.0 Å². The van der Waals surface area contributed by atoms with Crippen molar-refractivity contribution < 1.29 is 8.42 Å². The monoisotopic (exact) mass is 324 g/mol. The Hall–Kier alpha value is -1.93. The third-order valence-electron chi connectivity index (χ3n) is 2.83. The average molecular weight is 324 g/mol. The number of rotatable bonds is 6. The van der Waals surface area contributed by atoms with Gasteiger partial charge in [0, 0.05) is 18.3 Å².